The van der Waals surface area contributed by atoms with E-state index < -0.39 is 5.97 Å². The number of aryl methyl sites for hydroxylation is 1. The van der Waals surface area contributed by atoms with Crippen LogP contribution in [0.15, 0.2) is 84.9 Å². The van der Waals surface area contributed by atoms with Crippen molar-refractivity contribution in [2.24, 2.45) is 0 Å². The van der Waals surface area contributed by atoms with E-state index in [2.05, 4.69) is 11.4 Å². The largest absolute Gasteiger partial charge is 0.489 e. The number of benzene rings is 4. The Morgan fingerprint density at radius 1 is 0.914 bits per heavy atom. The summed E-state index contributed by atoms with van der Waals surface area (Å²) in [5, 5.41) is 23.3. The van der Waals surface area contributed by atoms with Crippen molar-refractivity contribution in [3.8, 4) is 11.8 Å². The van der Waals surface area contributed by atoms with Crippen LogP contribution in [-0.4, -0.2) is 17.0 Å². The first-order valence-electron chi connectivity index (χ1n) is 11.2. The van der Waals surface area contributed by atoms with Crippen molar-refractivity contribution in [1.82, 2.24) is 5.32 Å². The van der Waals surface area contributed by atoms with Crippen molar-refractivity contribution in [3.05, 3.63) is 113 Å². The molecular formula is C29H24N2O4. The number of carbonyl (C=O) groups excluding carboxylic acids is 1. The molecule has 4 rings (SSSR count). The van der Waals surface area contributed by atoms with Gasteiger partial charge in [0, 0.05) is 18.5 Å². The van der Waals surface area contributed by atoms with Crippen molar-refractivity contribution in [2.75, 3.05) is 0 Å². The van der Waals surface area contributed by atoms with Crippen molar-refractivity contribution >= 4 is 22.6 Å². The standard InChI is InChI=1S/C29H24N2O4/c30-17-20-5-3-9-25(15-20)35-19-21-11-12-23(13-14-28(32)33)27(16-21)29(34)31-18-24-8-4-7-22-6-1-2-10-26(22)24/h1-12,15-16H,13-14,18-19H2,(H,31,34)(H,32,33). The van der Waals surface area contributed by atoms with E-state index in [0.717, 1.165) is 21.9 Å². The van der Waals surface area contributed by atoms with Gasteiger partial charge in [-0.3, -0.25) is 9.59 Å². The SMILES string of the molecule is N#Cc1cccc(OCc2ccc(CCC(=O)O)c(C(=O)NCc3cccc4ccccc34)c2)c1. The molecule has 0 radical (unpaired) electrons. The molecule has 35 heavy (non-hydrogen) atoms. The van der Waals surface area contributed by atoms with Crippen LogP contribution in [0.5, 0.6) is 5.75 Å². The molecule has 0 atom stereocenters. The van der Waals surface area contributed by atoms with E-state index in [4.69, 9.17) is 15.1 Å². The first-order chi connectivity index (χ1) is 17.0. The van der Waals surface area contributed by atoms with Gasteiger partial charge >= 0.3 is 5.97 Å². The zero-order valence-electron chi connectivity index (χ0n) is 19.0. The van der Waals surface area contributed by atoms with E-state index in [0.29, 0.717) is 29.0 Å². The number of rotatable bonds is 9. The van der Waals surface area contributed by atoms with Crippen molar-refractivity contribution < 1.29 is 19.4 Å². The molecule has 1 amide bonds. The summed E-state index contributed by atoms with van der Waals surface area (Å²) in [6.07, 6.45) is 0.179. The van der Waals surface area contributed by atoms with E-state index in [1.165, 1.54) is 0 Å². The van der Waals surface area contributed by atoms with Crippen molar-refractivity contribution in [1.29, 1.82) is 5.26 Å². The number of fused-ring (bicyclic) bond motifs is 1. The summed E-state index contributed by atoms with van der Waals surface area (Å²) in [5.74, 6) is -0.635. The Morgan fingerprint density at radius 3 is 2.54 bits per heavy atom. The lowest BCUT2D eigenvalue weighted by molar-refractivity contribution is -0.136. The quantitative estimate of drug-likeness (QED) is 0.353. The van der Waals surface area contributed by atoms with Gasteiger partial charge in [-0.2, -0.15) is 5.26 Å². The highest BCUT2D eigenvalue weighted by Gasteiger charge is 2.14. The third kappa shape index (κ3) is 6.04. The molecule has 4 aromatic carbocycles. The summed E-state index contributed by atoms with van der Waals surface area (Å²) in [4.78, 5) is 24.3. The lowest BCUT2D eigenvalue weighted by Crippen LogP contribution is -2.24. The fourth-order valence-corrected chi connectivity index (χ4v) is 3.92. The van der Waals surface area contributed by atoms with Crippen LogP contribution in [0.25, 0.3) is 10.8 Å². The maximum Gasteiger partial charge on any atom is 0.303 e. The molecular weight excluding hydrogens is 440 g/mol. The number of nitriles is 1. The summed E-state index contributed by atoms with van der Waals surface area (Å²) in [7, 11) is 0. The summed E-state index contributed by atoms with van der Waals surface area (Å²) in [5.41, 5.74) is 3.36. The Hall–Kier alpha value is -4.63. The number of aliphatic carboxylic acids is 1. The van der Waals surface area contributed by atoms with Crippen molar-refractivity contribution in [3.63, 3.8) is 0 Å². The van der Waals surface area contributed by atoms with Crippen molar-refractivity contribution in [2.45, 2.75) is 26.0 Å². The number of amides is 1. The highest BCUT2D eigenvalue weighted by molar-refractivity contribution is 5.96. The Morgan fingerprint density at radius 2 is 1.71 bits per heavy atom. The molecule has 0 saturated heterocycles. The van der Waals surface area contributed by atoms with E-state index in [1.807, 2.05) is 48.5 Å². The number of nitrogens with one attached hydrogen (secondary N) is 1. The zero-order valence-corrected chi connectivity index (χ0v) is 19.0. The van der Waals surface area contributed by atoms with E-state index >= 15 is 0 Å². The molecule has 6 heteroatoms. The van der Waals surface area contributed by atoms with Crippen LogP contribution >= 0.6 is 0 Å². The maximum absolute atomic E-state index is 13.2. The third-order valence-corrected chi connectivity index (χ3v) is 5.72. The van der Waals surface area contributed by atoms with Gasteiger partial charge in [-0.25, -0.2) is 0 Å². The second-order valence-corrected chi connectivity index (χ2v) is 8.13. The lowest BCUT2D eigenvalue weighted by atomic mass is 9.99. The fraction of sp³-hybridized carbons (Fsp3) is 0.138. The average Bonchev–Trinajstić information content (AvgIpc) is 2.89. The Balaban J connectivity index is 1.53. The van der Waals surface area contributed by atoms with Crippen LogP contribution < -0.4 is 10.1 Å². The first kappa shape index (κ1) is 23.5. The van der Waals surface area contributed by atoms with E-state index in [-0.39, 0.29) is 25.4 Å². The Kier molecular flexibility index (Phi) is 7.39. The van der Waals surface area contributed by atoms with Gasteiger partial charge in [0.2, 0.25) is 0 Å². The van der Waals surface area contributed by atoms with Gasteiger partial charge in [0.15, 0.2) is 0 Å². The molecule has 2 N–H and O–H groups in total. The molecule has 0 unspecified atom stereocenters. The van der Waals surface area contributed by atoms with E-state index in [1.54, 1.807) is 36.4 Å². The molecule has 0 aliphatic carbocycles. The molecule has 4 aromatic rings. The number of ether oxygens (including phenoxy) is 1. The molecule has 0 aromatic heterocycles. The van der Waals surface area contributed by atoms with Gasteiger partial charge in [-0.05, 0) is 58.1 Å². The van der Waals surface area contributed by atoms with Gasteiger partial charge in [0.1, 0.15) is 12.4 Å². The van der Waals surface area contributed by atoms with Crippen LogP contribution in [0.3, 0.4) is 0 Å². The molecule has 0 fully saturated rings. The van der Waals surface area contributed by atoms with Gasteiger partial charge in [0.25, 0.3) is 5.91 Å². The van der Waals surface area contributed by atoms with Gasteiger partial charge in [-0.1, -0.05) is 60.7 Å². The topological polar surface area (TPSA) is 99.4 Å². The minimum Gasteiger partial charge on any atom is -0.489 e. The second kappa shape index (κ2) is 11.0. The van der Waals surface area contributed by atoms with Crippen LogP contribution in [0.1, 0.15) is 39.0 Å². The second-order valence-electron chi connectivity index (χ2n) is 8.13. The van der Waals surface area contributed by atoms with Crippen LogP contribution in [0, 0.1) is 11.3 Å². The molecule has 0 aliphatic heterocycles. The van der Waals surface area contributed by atoms with Gasteiger partial charge in [-0.15, -0.1) is 0 Å². The first-order valence-corrected chi connectivity index (χ1v) is 11.2. The normalized spacial score (nSPS) is 10.5. The summed E-state index contributed by atoms with van der Waals surface area (Å²) >= 11 is 0. The Bertz CT molecular complexity index is 1420. The smallest absolute Gasteiger partial charge is 0.303 e. The number of nitrogens with zero attached hydrogens (tertiary/aromatic N) is 1. The minimum absolute atomic E-state index is 0.0690. The minimum atomic E-state index is -0.920. The number of hydrogen-bond donors (Lipinski definition) is 2. The van der Waals surface area contributed by atoms with Gasteiger partial charge < -0.3 is 15.2 Å². The molecule has 0 saturated carbocycles. The molecule has 0 aliphatic rings. The van der Waals surface area contributed by atoms with E-state index in [9.17, 15) is 9.59 Å². The highest BCUT2D eigenvalue weighted by Crippen LogP contribution is 2.20. The molecule has 0 bridgehead atoms. The summed E-state index contributed by atoms with van der Waals surface area (Å²) in [6, 6.07) is 28.2. The van der Waals surface area contributed by atoms with Crippen LogP contribution in [0.4, 0.5) is 0 Å². The molecule has 0 spiro atoms. The zero-order chi connectivity index (χ0) is 24.6. The fourth-order valence-electron chi connectivity index (χ4n) is 3.92. The van der Waals surface area contributed by atoms with Gasteiger partial charge in [0.05, 0.1) is 11.6 Å². The monoisotopic (exact) mass is 464 g/mol. The number of carboxylic acid groups (broad SMARTS) is 1. The number of carboxylic acids is 1. The predicted octanol–water partition coefficient (Wildman–Crippen LogP) is 5.24. The molecule has 0 heterocycles. The third-order valence-electron chi connectivity index (χ3n) is 5.72. The molecule has 6 nitrogen and oxygen atoms in total. The van der Waals surface area contributed by atoms with Crippen LogP contribution in [0.2, 0.25) is 0 Å². The number of carbonyl (C=O) groups is 2. The molecule has 174 valence electrons. The highest BCUT2D eigenvalue weighted by atomic mass is 16.5. The Labute approximate surface area is 203 Å². The lowest BCUT2D eigenvalue weighted by Gasteiger charge is -2.14. The summed E-state index contributed by atoms with van der Waals surface area (Å²) < 4.78 is 5.81. The maximum atomic E-state index is 13.2. The number of hydrogen-bond acceptors (Lipinski definition) is 4. The summed E-state index contributed by atoms with van der Waals surface area (Å²) in [6.45, 7) is 0.554. The van der Waals surface area contributed by atoms with Crippen LogP contribution in [-0.2, 0) is 24.4 Å². The average molecular weight is 465 g/mol. The predicted molar refractivity (Wildman–Crippen MR) is 133 cm³/mol.